The maximum Gasteiger partial charge on any atom is 0.348 e. The molecule has 0 fully saturated rings. The second kappa shape index (κ2) is 7.63. The molecule has 1 aliphatic rings. The lowest BCUT2D eigenvalue weighted by Gasteiger charge is -2.15. The van der Waals surface area contributed by atoms with Crippen molar-refractivity contribution in [2.24, 2.45) is 0 Å². The van der Waals surface area contributed by atoms with Gasteiger partial charge in [0.25, 0.3) is 11.5 Å². The van der Waals surface area contributed by atoms with Crippen LogP contribution in [0.4, 0.5) is 5.69 Å². The fourth-order valence-electron chi connectivity index (χ4n) is 3.37. The van der Waals surface area contributed by atoms with E-state index in [1.54, 1.807) is 31.2 Å². The molecule has 0 atom stereocenters. The molecule has 0 unspecified atom stereocenters. The van der Waals surface area contributed by atoms with Gasteiger partial charge in [-0.3, -0.25) is 14.4 Å². The first kappa shape index (κ1) is 19.1. The molecule has 2 N–H and O–H groups in total. The Hall–Kier alpha value is -3.26. The number of esters is 1. The first-order valence-corrected chi connectivity index (χ1v) is 10.1. The third-order valence-electron chi connectivity index (χ3n) is 4.75. The lowest BCUT2D eigenvalue weighted by Crippen LogP contribution is -2.27. The minimum atomic E-state index is -0.590. The van der Waals surface area contributed by atoms with Crippen molar-refractivity contribution in [3.05, 3.63) is 62.4 Å². The van der Waals surface area contributed by atoms with Crippen LogP contribution >= 0.6 is 11.3 Å². The lowest BCUT2D eigenvalue weighted by molar-refractivity contribution is 0.0532. The van der Waals surface area contributed by atoms with Gasteiger partial charge in [0, 0.05) is 28.1 Å². The van der Waals surface area contributed by atoms with E-state index in [1.807, 2.05) is 0 Å². The summed E-state index contributed by atoms with van der Waals surface area (Å²) in [4.78, 5) is 52.1. The van der Waals surface area contributed by atoms with E-state index in [1.165, 1.54) is 17.4 Å². The Morgan fingerprint density at radius 2 is 2.00 bits per heavy atom. The van der Waals surface area contributed by atoms with Crippen LogP contribution in [-0.4, -0.2) is 29.3 Å². The third-order valence-corrected chi connectivity index (χ3v) is 5.85. The van der Waals surface area contributed by atoms with Crippen LogP contribution in [0.5, 0.6) is 0 Å². The van der Waals surface area contributed by atoms with E-state index >= 15 is 0 Å². The minimum absolute atomic E-state index is 0.0669. The van der Waals surface area contributed by atoms with Gasteiger partial charge in [0.05, 0.1) is 6.61 Å². The summed E-state index contributed by atoms with van der Waals surface area (Å²) in [6.07, 6.45) is 1.73. The standard InChI is InChI=1S/C21H18N2O5S/c1-2-28-21(27)18-9-11-8-12(6-7-17(11)29-18)22-19(25)14-10-13-15(23-20(14)26)4-3-5-16(13)24/h6-10H,2-5H2,1H3,(H,22,25)(H,23,26). The van der Waals surface area contributed by atoms with Gasteiger partial charge in [-0.2, -0.15) is 0 Å². The summed E-state index contributed by atoms with van der Waals surface area (Å²) in [5, 5.41) is 3.48. The highest BCUT2D eigenvalue weighted by Gasteiger charge is 2.22. The number of amides is 1. The Morgan fingerprint density at radius 3 is 2.79 bits per heavy atom. The van der Waals surface area contributed by atoms with Crippen molar-refractivity contribution in [2.75, 3.05) is 11.9 Å². The number of hydrogen-bond donors (Lipinski definition) is 2. The van der Waals surface area contributed by atoms with E-state index in [2.05, 4.69) is 10.3 Å². The topological polar surface area (TPSA) is 105 Å². The number of carbonyl (C=O) groups excluding carboxylic acids is 3. The Morgan fingerprint density at radius 1 is 1.17 bits per heavy atom. The predicted octanol–water partition coefficient (Wildman–Crippen LogP) is 3.54. The number of ether oxygens (including phenoxy) is 1. The fourth-order valence-corrected chi connectivity index (χ4v) is 4.30. The van der Waals surface area contributed by atoms with Crippen LogP contribution in [0, 0.1) is 0 Å². The van der Waals surface area contributed by atoms with Crippen molar-refractivity contribution in [3.8, 4) is 0 Å². The van der Waals surface area contributed by atoms with Gasteiger partial charge in [0.2, 0.25) is 0 Å². The first-order chi connectivity index (χ1) is 14.0. The van der Waals surface area contributed by atoms with Crippen molar-refractivity contribution in [1.29, 1.82) is 0 Å². The molecule has 8 heteroatoms. The molecule has 1 amide bonds. The summed E-state index contributed by atoms with van der Waals surface area (Å²) in [7, 11) is 0. The van der Waals surface area contributed by atoms with Crippen molar-refractivity contribution in [1.82, 2.24) is 4.98 Å². The zero-order valence-electron chi connectivity index (χ0n) is 15.7. The Labute approximate surface area is 169 Å². The van der Waals surface area contributed by atoms with Crippen LogP contribution < -0.4 is 10.9 Å². The Kier molecular flexibility index (Phi) is 5.02. The number of fused-ring (bicyclic) bond motifs is 2. The molecule has 0 spiro atoms. The van der Waals surface area contributed by atoms with Crippen molar-refractivity contribution < 1.29 is 19.1 Å². The number of nitrogens with one attached hydrogen (secondary N) is 2. The van der Waals surface area contributed by atoms with E-state index in [0.717, 1.165) is 10.1 Å². The van der Waals surface area contributed by atoms with E-state index in [-0.39, 0.29) is 17.3 Å². The van der Waals surface area contributed by atoms with E-state index < -0.39 is 11.5 Å². The van der Waals surface area contributed by atoms with Crippen molar-refractivity contribution in [3.63, 3.8) is 0 Å². The van der Waals surface area contributed by atoms with E-state index in [0.29, 0.717) is 47.7 Å². The number of anilines is 1. The second-order valence-electron chi connectivity index (χ2n) is 6.72. The number of aryl methyl sites for hydroxylation is 1. The molecule has 0 aliphatic heterocycles. The highest BCUT2D eigenvalue weighted by atomic mass is 32.1. The molecule has 1 aliphatic carbocycles. The summed E-state index contributed by atoms with van der Waals surface area (Å²) < 4.78 is 5.89. The summed E-state index contributed by atoms with van der Waals surface area (Å²) >= 11 is 1.31. The van der Waals surface area contributed by atoms with Crippen LogP contribution in [0.25, 0.3) is 10.1 Å². The summed E-state index contributed by atoms with van der Waals surface area (Å²) in [6.45, 7) is 2.04. The quantitative estimate of drug-likeness (QED) is 0.640. The van der Waals surface area contributed by atoms with Gasteiger partial charge >= 0.3 is 5.97 Å². The van der Waals surface area contributed by atoms with Crippen LogP contribution in [0.1, 0.15) is 55.8 Å². The predicted molar refractivity (Wildman–Crippen MR) is 110 cm³/mol. The number of thiophene rings is 1. The number of aromatic nitrogens is 1. The number of carbonyl (C=O) groups is 3. The number of H-pyrrole nitrogens is 1. The number of pyridine rings is 1. The smallest absolute Gasteiger partial charge is 0.348 e. The third kappa shape index (κ3) is 3.71. The van der Waals surface area contributed by atoms with Gasteiger partial charge in [-0.05, 0) is 55.5 Å². The molecule has 2 aromatic heterocycles. The molecule has 0 bridgehead atoms. The lowest BCUT2D eigenvalue weighted by atomic mass is 9.93. The molecular formula is C21H18N2O5S. The highest BCUT2D eigenvalue weighted by Crippen LogP contribution is 2.29. The van der Waals surface area contributed by atoms with E-state index in [4.69, 9.17) is 4.74 Å². The number of aromatic amines is 1. The molecule has 0 saturated heterocycles. The monoisotopic (exact) mass is 410 g/mol. The maximum atomic E-state index is 12.6. The maximum absolute atomic E-state index is 12.6. The zero-order valence-corrected chi connectivity index (χ0v) is 16.5. The van der Waals surface area contributed by atoms with Gasteiger partial charge in [-0.25, -0.2) is 4.79 Å². The number of hydrogen-bond acceptors (Lipinski definition) is 6. The highest BCUT2D eigenvalue weighted by molar-refractivity contribution is 7.20. The Bertz CT molecular complexity index is 1210. The molecule has 2 heterocycles. The number of rotatable bonds is 4. The normalized spacial score (nSPS) is 13.2. The SMILES string of the molecule is CCOC(=O)c1cc2cc(NC(=O)c3cc4c([nH]c3=O)CCCC4=O)ccc2s1. The zero-order chi connectivity index (χ0) is 20.5. The molecule has 0 saturated carbocycles. The van der Waals surface area contributed by atoms with Crippen LogP contribution in [-0.2, 0) is 11.2 Å². The van der Waals surface area contributed by atoms with Crippen LogP contribution in [0.3, 0.4) is 0 Å². The van der Waals surface area contributed by atoms with Gasteiger partial charge in [0.1, 0.15) is 10.4 Å². The van der Waals surface area contributed by atoms with Gasteiger partial charge < -0.3 is 15.0 Å². The van der Waals surface area contributed by atoms with Crippen molar-refractivity contribution >= 4 is 44.8 Å². The van der Waals surface area contributed by atoms with Gasteiger partial charge in [-0.15, -0.1) is 11.3 Å². The molecule has 148 valence electrons. The largest absolute Gasteiger partial charge is 0.462 e. The van der Waals surface area contributed by atoms with Crippen LogP contribution in [0.2, 0.25) is 0 Å². The van der Waals surface area contributed by atoms with Crippen LogP contribution in [0.15, 0.2) is 35.1 Å². The molecule has 4 rings (SSSR count). The molecular weight excluding hydrogens is 392 g/mol. The number of benzene rings is 1. The molecule has 7 nitrogen and oxygen atoms in total. The second-order valence-corrected chi connectivity index (χ2v) is 7.80. The first-order valence-electron chi connectivity index (χ1n) is 9.27. The van der Waals surface area contributed by atoms with Gasteiger partial charge in [0.15, 0.2) is 5.78 Å². The average Bonchev–Trinajstić information content (AvgIpc) is 3.11. The van der Waals surface area contributed by atoms with E-state index in [9.17, 15) is 19.2 Å². The summed E-state index contributed by atoms with van der Waals surface area (Å²) in [6, 6.07) is 8.30. The number of Topliss-reactive ketones (excluding diaryl/α,β-unsaturated/α-hetero) is 1. The average molecular weight is 410 g/mol. The van der Waals surface area contributed by atoms with Gasteiger partial charge in [-0.1, -0.05) is 0 Å². The number of ketones is 1. The molecule has 29 heavy (non-hydrogen) atoms. The fraction of sp³-hybridized carbons (Fsp3) is 0.238. The molecule has 3 aromatic rings. The Balaban J connectivity index is 1.61. The molecule has 0 radical (unpaired) electrons. The summed E-state index contributed by atoms with van der Waals surface area (Å²) in [5.74, 6) is -1.04. The molecule has 1 aromatic carbocycles. The summed E-state index contributed by atoms with van der Waals surface area (Å²) in [5.41, 5.74) is 0.871. The minimum Gasteiger partial charge on any atom is -0.462 e. The van der Waals surface area contributed by atoms with Crippen molar-refractivity contribution in [2.45, 2.75) is 26.2 Å².